The molecule has 0 saturated carbocycles. The third-order valence-corrected chi connectivity index (χ3v) is 6.22. The number of benzene rings is 3. The van der Waals surface area contributed by atoms with Crippen LogP contribution in [0.25, 0.3) is 22.2 Å². The van der Waals surface area contributed by atoms with Crippen LogP contribution in [0.4, 0.5) is 5.69 Å². The molecule has 2 aromatic carbocycles. The van der Waals surface area contributed by atoms with Crippen LogP contribution >= 0.6 is 0 Å². The molecule has 0 aromatic heterocycles. The number of para-hydroxylation sites is 1. The second kappa shape index (κ2) is 8.68. The maximum absolute atomic E-state index is 13.8. The first kappa shape index (κ1) is 21.7. The number of nitrogens with zero attached hydrogens (tertiary/aromatic N) is 1. The quantitative estimate of drug-likeness (QED) is 0.273. The number of carbonyl (C=O) groups excluding carboxylic acids is 3. The van der Waals surface area contributed by atoms with Crippen LogP contribution in [0, 0.1) is 0 Å². The molecule has 7 nitrogen and oxygen atoms in total. The van der Waals surface area contributed by atoms with Gasteiger partial charge in [0.25, 0.3) is 0 Å². The van der Waals surface area contributed by atoms with Gasteiger partial charge in [-0.3, -0.25) is 19.2 Å². The predicted octanol–water partition coefficient (Wildman–Crippen LogP) is 3.43. The minimum atomic E-state index is -0.965. The largest absolute Gasteiger partial charge is 0.354 e. The van der Waals surface area contributed by atoms with Crippen molar-refractivity contribution in [3.63, 3.8) is 0 Å². The van der Waals surface area contributed by atoms with Crippen molar-refractivity contribution in [1.82, 2.24) is 4.98 Å². The lowest BCUT2D eigenvalue weighted by Crippen LogP contribution is -2.45. The van der Waals surface area contributed by atoms with Gasteiger partial charge in [0.05, 0.1) is 17.3 Å². The Balaban J connectivity index is 1.74. The van der Waals surface area contributed by atoms with Crippen LogP contribution in [-0.4, -0.2) is 28.6 Å². The molecule has 1 aliphatic carbocycles. The molecule has 1 atom stereocenters. The summed E-state index contributed by atoms with van der Waals surface area (Å²) < 4.78 is 0. The number of rotatable bonds is 5. The number of imide groups is 1. The lowest BCUT2D eigenvalue weighted by molar-refractivity contribution is -0.129. The average molecular weight is 453 g/mol. The monoisotopic (exact) mass is 453 g/mol. The fourth-order valence-electron chi connectivity index (χ4n) is 4.57. The molecule has 3 N–H and O–H groups in total. The van der Waals surface area contributed by atoms with E-state index < -0.39 is 29.1 Å². The summed E-state index contributed by atoms with van der Waals surface area (Å²) in [7, 11) is 0. The molecule has 34 heavy (non-hydrogen) atoms. The fourth-order valence-corrected chi connectivity index (χ4v) is 4.57. The Labute approximate surface area is 195 Å². The number of carbonyl (C=O) groups is 3. The number of amides is 2. The van der Waals surface area contributed by atoms with E-state index in [2.05, 4.69) is 4.98 Å². The number of nitrogens with one attached hydrogen (secondary N) is 1. The Morgan fingerprint density at radius 2 is 1.62 bits per heavy atom. The number of hydrogen-bond acceptors (Lipinski definition) is 5. The standard InChI is InChI=1S/C27H23N3O4/c28-19(13-16-7-2-1-3-8-16)27(34)25-18-14-17-9-4-5-10-20(17)29-21(18)15-22(31)26(25)30-23(32)11-6-12-24(30)33/h1-5,7-10,14-15,19,29H,6,11-13,28H2/t19-/m0/s1. The second-order valence-electron chi connectivity index (χ2n) is 8.55. The highest BCUT2D eigenvalue weighted by Gasteiger charge is 2.36. The molecule has 0 spiro atoms. The van der Waals surface area contributed by atoms with Gasteiger partial charge >= 0.3 is 0 Å². The molecule has 0 radical (unpaired) electrons. The van der Waals surface area contributed by atoms with E-state index in [1.807, 2.05) is 54.6 Å². The summed E-state index contributed by atoms with van der Waals surface area (Å²) in [5, 5.41) is 0.821. The van der Waals surface area contributed by atoms with Crippen LogP contribution in [0.2, 0.25) is 0 Å². The van der Waals surface area contributed by atoms with Gasteiger partial charge in [-0.2, -0.15) is 0 Å². The van der Waals surface area contributed by atoms with Crippen molar-refractivity contribution in [1.29, 1.82) is 0 Å². The Morgan fingerprint density at radius 1 is 0.941 bits per heavy atom. The van der Waals surface area contributed by atoms with Crippen molar-refractivity contribution in [3.8, 4) is 11.3 Å². The minimum Gasteiger partial charge on any atom is -0.354 e. The minimum absolute atomic E-state index is 0.0107. The number of pyridine rings is 1. The molecule has 2 aromatic rings. The number of H-pyrrole nitrogens is 1. The molecular weight excluding hydrogens is 430 g/mol. The van der Waals surface area contributed by atoms with Gasteiger partial charge < -0.3 is 10.7 Å². The Kier molecular flexibility index (Phi) is 5.55. The van der Waals surface area contributed by atoms with Crippen LogP contribution in [0.5, 0.6) is 0 Å². The Bertz CT molecular complexity index is 1440. The normalized spacial score (nSPS) is 15.1. The number of hydrogen-bond donors (Lipinski definition) is 2. The van der Waals surface area contributed by atoms with Crippen LogP contribution in [0.3, 0.4) is 0 Å². The van der Waals surface area contributed by atoms with Crippen LogP contribution in [-0.2, 0) is 16.0 Å². The second-order valence-corrected chi connectivity index (χ2v) is 8.55. The Morgan fingerprint density at radius 3 is 2.35 bits per heavy atom. The third kappa shape index (κ3) is 3.80. The maximum atomic E-state index is 13.8. The average Bonchev–Trinajstić information content (AvgIpc) is 2.83. The molecule has 0 unspecified atom stereocenters. The number of nitrogens with two attached hydrogens (primary N) is 1. The smallest absolute Gasteiger partial charge is 0.233 e. The van der Waals surface area contributed by atoms with Gasteiger partial charge in [-0.1, -0.05) is 48.5 Å². The summed E-state index contributed by atoms with van der Waals surface area (Å²) in [6.07, 6.45) is 0.946. The first-order valence-corrected chi connectivity index (χ1v) is 11.2. The summed E-state index contributed by atoms with van der Waals surface area (Å²) in [4.78, 5) is 56.7. The molecular formula is C27H23N3O4. The van der Waals surface area contributed by atoms with E-state index in [1.54, 1.807) is 6.07 Å². The van der Waals surface area contributed by atoms with E-state index >= 15 is 0 Å². The third-order valence-electron chi connectivity index (χ3n) is 6.22. The molecule has 0 bridgehead atoms. The number of aromatic amines is 1. The summed E-state index contributed by atoms with van der Waals surface area (Å²) in [5.41, 5.74) is 8.15. The van der Waals surface area contributed by atoms with Crippen LogP contribution in [0.15, 0.2) is 71.5 Å². The van der Waals surface area contributed by atoms with Crippen LogP contribution in [0.1, 0.15) is 35.2 Å². The molecule has 2 aliphatic heterocycles. The van der Waals surface area contributed by atoms with Crippen molar-refractivity contribution >= 4 is 34.2 Å². The topological polar surface area (TPSA) is 113 Å². The van der Waals surface area contributed by atoms with Crippen molar-refractivity contribution in [2.75, 3.05) is 4.90 Å². The van der Waals surface area contributed by atoms with Gasteiger partial charge in [0.15, 0.2) is 5.78 Å². The summed E-state index contributed by atoms with van der Waals surface area (Å²) in [5.74, 6) is -1.46. The summed E-state index contributed by atoms with van der Waals surface area (Å²) >= 11 is 0. The zero-order valence-corrected chi connectivity index (χ0v) is 18.4. The van der Waals surface area contributed by atoms with Gasteiger partial charge in [-0.15, -0.1) is 0 Å². The molecule has 1 fully saturated rings. The highest BCUT2D eigenvalue weighted by atomic mass is 16.2. The number of anilines is 1. The van der Waals surface area contributed by atoms with Gasteiger partial charge in [-0.25, -0.2) is 4.90 Å². The number of piperidine rings is 1. The van der Waals surface area contributed by atoms with Crippen molar-refractivity contribution in [2.45, 2.75) is 31.7 Å². The lowest BCUT2D eigenvalue weighted by atomic mass is 9.89. The van der Waals surface area contributed by atoms with E-state index in [0.29, 0.717) is 17.7 Å². The van der Waals surface area contributed by atoms with Crippen molar-refractivity contribution in [3.05, 3.63) is 88.1 Å². The molecule has 2 heterocycles. The van der Waals surface area contributed by atoms with E-state index in [4.69, 9.17) is 5.73 Å². The molecule has 1 saturated heterocycles. The Hall–Kier alpha value is -4.10. The summed E-state index contributed by atoms with van der Waals surface area (Å²) in [6.45, 7) is 0. The highest BCUT2D eigenvalue weighted by molar-refractivity contribution is 6.22. The van der Waals surface area contributed by atoms with Gasteiger partial charge in [0.2, 0.25) is 17.2 Å². The fraction of sp³-hybridized carbons (Fsp3) is 0.185. The van der Waals surface area contributed by atoms with Gasteiger partial charge in [-0.05, 0) is 35.9 Å². The van der Waals surface area contributed by atoms with E-state index in [0.717, 1.165) is 21.4 Å². The number of Topliss-reactive ketones (excluding diaryl/α,β-unsaturated/α-hetero) is 1. The van der Waals surface area contributed by atoms with E-state index in [9.17, 15) is 19.2 Å². The molecule has 2 amide bonds. The lowest BCUT2D eigenvalue weighted by Gasteiger charge is -2.28. The molecule has 7 heteroatoms. The van der Waals surface area contributed by atoms with Gasteiger partial charge in [0, 0.05) is 30.0 Å². The SMILES string of the molecule is N[C@@H](Cc1ccccc1)C(=O)c1c2cc3ccccc3[nH]c-2cc(=O)c1N1C(=O)CCCC1=O. The molecule has 3 aliphatic rings. The highest BCUT2D eigenvalue weighted by Crippen LogP contribution is 2.35. The van der Waals surface area contributed by atoms with Gasteiger partial charge in [0.1, 0.15) is 5.69 Å². The van der Waals surface area contributed by atoms with Crippen LogP contribution < -0.4 is 16.1 Å². The number of aromatic nitrogens is 1. The van der Waals surface area contributed by atoms with Crippen molar-refractivity contribution in [2.24, 2.45) is 5.73 Å². The van der Waals surface area contributed by atoms with E-state index in [-0.39, 0.29) is 30.5 Å². The molecule has 170 valence electrons. The summed E-state index contributed by atoms with van der Waals surface area (Å²) in [6, 6.07) is 19.0. The number of ketones is 1. The molecule has 5 rings (SSSR count). The predicted molar refractivity (Wildman–Crippen MR) is 130 cm³/mol. The first-order chi connectivity index (χ1) is 16.4. The first-order valence-electron chi connectivity index (χ1n) is 11.2. The van der Waals surface area contributed by atoms with E-state index in [1.165, 1.54) is 6.07 Å². The maximum Gasteiger partial charge on any atom is 0.233 e. The zero-order chi connectivity index (χ0) is 23.8. The van der Waals surface area contributed by atoms with Crippen molar-refractivity contribution < 1.29 is 14.4 Å². The number of fused-ring (bicyclic) bond motifs is 2. The zero-order valence-electron chi connectivity index (χ0n) is 18.4.